The summed E-state index contributed by atoms with van der Waals surface area (Å²) in [6.07, 6.45) is 3.92. The molecule has 200 valence electrons. The number of hydrogen-bond donors (Lipinski definition) is 1. The molecule has 2 aliphatic heterocycles. The summed E-state index contributed by atoms with van der Waals surface area (Å²) in [6, 6.07) is 12.4. The van der Waals surface area contributed by atoms with E-state index in [4.69, 9.17) is 9.47 Å². The van der Waals surface area contributed by atoms with Crippen LogP contribution < -0.4 is 14.8 Å². The summed E-state index contributed by atoms with van der Waals surface area (Å²) in [6.45, 7) is 1.90. The summed E-state index contributed by atoms with van der Waals surface area (Å²) in [4.78, 5) is 28.8. The van der Waals surface area contributed by atoms with E-state index in [0.29, 0.717) is 43.0 Å². The fourth-order valence-electron chi connectivity index (χ4n) is 5.03. The normalized spacial score (nSPS) is 18.2. The van der Waals surface area contributed by atoms with Gasteiger partial charge in [-0.3, -0.25) is 9.59 Å². The molecular formula is C27H35N3O6S. The number of amides is 2. The number of piperidine rings is 2. The molecule has 1 atom stereocenters. The lowest BCUT2D eigenvalue weighted by Crippen LogP contribution is -2.55. The van der Waals surface area contributed by atoms with Crippen LogP contribution in [0, 0.1) is 5.92 Å². The first-order valence-electron chi connectivity index (χ1n) is 12.7. The number of ether oxygens (including phenoxy) is 2. The third-order valence-electron chi connectivity index (χ3n) is 7.22. The molecule has 10 heteroatoms. The molecule has 2 aromatic rings. The lowest BCUT2D eigenvalue weighted by atomic mass is 9.88. The number of sulfonamides is 1. The molecule has 4 rings (SSSR count). The lowest BCUT2D eigenvalue weighted by Gasteiger charge is -2.38. The van der Waals surface area contributed by atoms with E-state index in [1.165, 1.54) is 30.7 Å². The third-order valence-corrected chi connectivity index (χ3v) is 9.13. The van der Waals surface area contributed by atoms with Crippen LogP contribution in [0.2, 0.25) is 0 Å². The molecule has 0 unspecified atom stereocenters. The molecule has 2 aliphatic rings. The Hall–Kier alpha value is -3.11. The molecule has 2 heterocycles. The molecular weight excluding hydrogens is 494 g/mol. The smallest absolute Gasteiger partial charge is 0.252 e. The fourth-order valence-corrected chi connectivity index (χ4v) is 6.50. The highest BCUT2D eigenvalue weighted by Crippen LogP contribution is 2.28. The van der Waals surface area contributed by atoms with E-state index in [1.54, 1.807) is 36.4 Å². The van der Waals surface area contributed by atoms with Crippen molar-refractivity contribution in [2.75, 3.05) is 40.4 Å². The van der Waals surface area contributed by atoms with Crippen LogP contribution in [0.3, 0.4) is 0 Å². The zero-order valence-corrected chi connectivity index (χ0v) is 22.2. The van der Waals surface area contributed by atoms with Crippen LogP contribution in [0.4, 0.5) is 0 Å². The van der Waals surface area contributed by atoms with E-state index in [-0.39, 0.29) is 35.7 Å². The van der Waals surface area contributed by atoms with Crippen LogP contribution in [0.25, 0.3) is 0 Å². The number of benzene rings is 2. The number of nitrogens with one attached hydrogen (secondary N) is 1. The number of carbonyl (C=O) groups excluding carboxylic acids is 2. The minimum atomic E-state index is -3.67. The van der Waals surface area contributed by atoms with Crippen LogP contribution >= 0.6 is 0 Å². The van der Waals surface area contributed by atoms with Gasteiger partial charge in [0.1, 0.15) is 17.5 Å². The summed E-state index contributed by atoms with van der Waals surface area (Å²) in [5.41, 5.74) is 0.412. The number of nitrogens with zero attached hydrogens (tertiary/aromatic N) is 2. The molecule has 9 nitrogen and oxygen atoms in total. The van der Waals surface area contributed by atoms with Gasteiger partial charge in [0.05, 0.1) is 19.1 Å². The zero-order chi connectivity index (χ0) is 26.4. The largest absolute Gasteiger partial charge is 0.497 e. The Morgan fingerprint density at radius 2 is 1.54 bits per heavy atom. The highest BCUT2D eigenvalue weighted by Gasteiger charge is 2.38. The van der Waals surface area contributed by atoms with Gasteiger partial charge in [0.25, 0.3) is 5.91 Å². The first kappa shape index (κ1) is 26.9. The Labute approximate surface area is 218 Å². The average molecular weight is 530 g/mol. The van der Waals surface area contributed by atoms with E-state index in [9.17, 15) is 18.0 Å². The second kappa shape index (κ2) is 12.0. The molecule has 37 heavy (non-hydrogen) atoms. The van der Waals surface area contributed by atoms with Crippen molar-refractivity contribution in [3.05, 3.63) is 54.1 Å². The van der Waals surface area contributed by atoms with Gasteiger partial charge in [-0.15, -0.1) is 0 Å². The second-order valence-corrected chi connectivity index (χ2v) is 11.4. The van der Waals surface area contributed by atoms with Gasteiger partial charge in [-0.25, -0.2) is 8.42 Å². The summed E-state index contributed by atoms with van der Waals surface area (Å²) >= 11 is 0. The van der Waals surface area contributed by atoms with Crippen molar-refractivity contribution in [3.8, 4) is 11.5 Å². The van der Waals surface area contributed by atoms with Crippen molar-refractivity contribution < 1.29 is 27.5 Å². The predicted molar refractivity (Wildman–Crippen MR) is 139 cm³/mol. The standard InChI is InChI=1S/C27H35N3O6S/c1-35-22-9-11-24(12-10-22)37(33,34)30-17-13-20(14-18-30)25(27(32)29-15-4-3-5-16-29)28-26(31)21-7-6-8-23(19-21)36-2/h6-12,19-20,25H,3-5,13-18H2,1-2H3,(H,28,31)/t25-/m0/s1. The van der Waals surface area contributed by atoms with Gasteiger partial charge < -0.3 is 19.7 Å². The van der Waals surface area contributed by atoms with E-state index in [0.717, 1.165) is 19.3 Å². The van der Waals surface area contributed by atoms with Gasteiger partial charge >= 0.3 is 0 Å². The Kier molecular flexibility index (Phi) is 8.71. The van der Waals surface area contributed by atoms with Crippen molar-refractivity contribution in [2.45, 2.75) is 43.0 Å². The maximum Gasteiger partial charge on any atom is 0.252 e. The maximum atomic E-state index is 13.6. The fraction of sp³-hybridized carbons (Fsp3) is 0.481. The molecule has 1 N–H and O–H groups in total. The highest BCUT2D eigenvalue weighted by molar-refractivity contribution is 7.89. The summed E-state index contributed by atoms with van der Waals surface area (Å²) in [5.74, 6) is 0.536. The molecule has 0 aliphatic carbocycles. The monoisotopic (exact) mass is 529 g/mol. The van der Waals surface area contributed by atoms with E-state index >= 15 is 0 Å². The molecule has 0 radical (unpaired) electrons. The molecule has 0 saturated carbocycles. The van der Waals surface area contributed by atoms with Crippen molar-refractivity contribution in [2.24, 2.45) is 5.92 Å². The Bertz CT molecular complexity index is 1190. The summed E-state index contributed by atoms with van der Waals surface area (Å²) < 4.78 is 38.2. The van der Waals surface area contributed by atoms with E-state index in [1.807, 2.05) is 4.90 Å². The molecule has 2 aromatic carbocycles. The Morgan fingerprint density at radius 3 is 2.16 bits per heavy atom. The van der Waals surface area contributed by atoms with Gasteiger partial charge in [-0.2, -0.15) is 4.31 Å². The number of methoxy groups -OCH3 is 2. The van der Waals surface area contributed by atoms with Gasteiger partial charge in [0, 0.05) is 31.7 Å². The van der Waals surface area contributed by atoms with Crippen molar-refractivity contribution in [1.29, 1.82) is 0 Å². The number of likely N-dealkylation sites (tertiary alicyclic amines) is 1. The number of carbonyl (C=O) groups is 2. The minimum absolute atomic E-state index is 0.0904. The molecule has 2 amide bonds. The van der Waals surface area contributed by atoms with Crippen molar-refractivity contribution >= 4 is 21.8 Å². The number of hydrogen-bond acceptors (Lipinski definition) is 6. The molecule has 0 bridgehead atoms. The van der Waals surface area contributed by atoms with Crippen LogP contribution in [0.1, 0.15) is 42.5 Å². The summed E-state index contributed by atoms with van der Waals surface area (Å²) in [5, 5.41) is 2.98. The first-order valence-corrected chi connectivity index (χ1v) is 14.2. The minimum Gasteiger partial charge on any atom is -0.497 e. The summed E-state index contributed by atoms with van der Waals surface area (Å²) in [7, 11) is -0.604. The highest BCUT2D eigenvalue weighted by atomic mass is 32.2. The van der Waals surface area contributed by atoms with Crippen molar-refractivity contribution in [1.82, 2.24) is 14.5 Å². The topological polar surface area (TPSA) is 105 Å². The maximum absolute atomic E-state index is 13.6. The van der Waals surface area contributed by atoms with Gasteiger partial charge in [-0.1, -0.05) is 6.07 Å². The van der Waals surface area contributed by atoms with Crippen LogP contribution in [-0.4, -0.2) is 75.9 Å². The van der Waals surface area contributed by atoms with Gasteiger partial charge in [0.2, 0.25) is 15.9 Å². The lowest BCUT2D eigenvalue weighted by molar-refractivity contribution is -0.135. The first-order chi connectivity index (χ1) is 17.8. The zero-order valence-electron chi connectivity index (χ0n) is 21.4. The van der Waals surface area contributed by atoms with Gasteiger partial charge in [0.15, 0.2) is 0 Å². The van der Waals surface area contributed by atoms with Crippen LogP contribution in [-0.2, 0) is 14.8 Å². The van der Waals surface area contributed by atoms with E-state index < -0.39 is 16.1 Å². The predicted octanol–water partition coefficient (Wildman–Crippen LogP) is 2.92. The Morgan fingerprint density at radius 1 is 0.892 bits per heavy atom. The van der Waals surface area contributed by atoms with Gasteiger partial charge in [-0.05, 0) is 80.5 Å². The number of rotatable bonds is 8. The molecule has 2 saturated heterocycles. The van der Waals surface area contributed by atoms with Crippen LogP contribution in [0.15, 0.2) is 53.4 Å². The van der Waals surface area contributed by atoms with E-state index in [2.05, 4.69) is 5.32 Å². The molecule has 0 spiro atoms. The molecule has 0 aromatic heterocycles. The SMILES string of the molecule is COc1ccc(S(=O)(=O)N2CCC([C@H](NC(=O)c3cccc(OC)c3)C(=O)N3CCCCC3)CC2)cc1. The quantitative estimate of drug-likeness (QED) is 0.564. The van der Waals surface area contributed by atoms with Crippen molar-refractivity contribution in [3.63, 3.8) is 0 Å². The molecule has 2 fully saturated rings. The second-order valence-electron chi connectivity index (χ2n) is 9.49. The third kappa shape index (κ3) is 6.24. The average Bonchev–Trinajstić information content (AvgIpc) is 2.96. The van der Waals surface area contributed by atoms with Crippen LogP contribution in [0.5, 0.6) is 11.5 Å². The Balaban J connectivity index is 1.49.